The molecule has 1 aromatic heterocycles. The summed E-state index contributed by atoms with van der Waals surface area (Å²) in [5, 5.41) is 20.4. The molecule has 1 saturated heterocycles. The quantitative estimate of drug-likeness (QED) is 0.447. The lowest BCUT2D eigenvalue weighted by atomic mass is 9.91. The molecule has 1 aliphatic rings. The van der Waals surface area contributed by atoms with Crippen molar-refractivity contribution in [3.05, 3.63) is 83.1 Å². The highest BCUT2D eigenvalue weighted by atomic mass is 16.7. The Balaban J connectivity index is 1.60. The maximum atomic E-state index is 10.7. The SMILES string of the molecule is Cc1ccc2nc(C)c([C@H]3OC[C@@H](C/C=C\CCC(=O)O)[C@@H](c4ccccc4O)O3)cc2c1. The number of hydrogen-bond acceptors (Lipinski definition) is 5. The van der Waals surface area contributed by atoms with E-state index in [0.29, 0.717) is 19.4 Å². The van der Waals surface area contributed by atoms with Gasteiger partial charge in [0, 0.05) is 34.5 Å². The third-order valence-corrected chi connectivity index (χ3v) is 5.99. The van der Waals surface area contributed by atoms with Gasteiger partial charge in [0.25, 0.3) is 0 Å². The van der Waals surface area contributed by atoms with Crippen LogP contribution in [0.4, 0.5) is 0 Å². The van der Waals surface area contributed by atoms with Crippen LogP contribution in [0.3, 0.4) is 0 Å². The maximum Gasteiger partial charge on any atom is 0.303 e. The fourth-order valence-corrected chi connectivity index (χ4v) is 4.23. The molecule has 0 spiro atoms. The van der Waals surface area contributed by atoms with Crippen molar-refractivity contribution in [1.82, 2.24) is 4.98 Å². The number of allylic oxidation sites excluding steroid dienone is 2. The molecule has 1 aliphatic heterocycles. The van der Waals surface area contributed by atoms with Crippen LogP contribution < -0.4 is 0 Å². The Morgan fingerprint density at radius 2 is 1.94 bits per heavy atom. The second-order valence-corrected chi connectivity index (χ2v) is 8.54. The van der Waals surface area contributed by atoms with E-state index >= 15 is 0 Å². The average Bonchev–Trinajstić information content (AvgIpc) is 2.79. The molecule has 0 aliphatic carbocycles. The number of nitrogens with zero attached hydrogens (tertiary/aromatic N) is 1. The van der Waals surface area contributed by atoms with Gasteiger partial charge in [-0.15, -0.1) is 0 Å². The molecule has 3 aromatic rings. The lowest BCUT2D eigenvalue weighted by molar-refractivity contribution is -0.244. The smallest absolute Gasteiger partial charge is 0.303 e. The van der Waals surface area contributed by atoms with E-state index in [1.807, 2.05) is 43.3 Å². The molecule has 6 heteroatoms. The number of rotatable bonds is 7. The summed E-state index contributed by atoms with van der Waals surface area (Å²) >= 11 is 0. The summed E-state index contributed by atoms with van der Waals surface area (Å²) in [6, 6.07) is 15.4. The molecule has 2 heterocycles. The summed E-state index contributed by atoms with van der Waals surface area (Å²) in [5.74, 6) is -0.646. The van der Waals surface area contributed by atoms with Crippen molar-refractivity contribution in [2.45, 2.75) is 45.5 Å². The van der Waals surface area contributed by atoms with Crippen LogP contribution in [-0.4, -0.2) is 27.8 Å². The van der Waals surface area contributed by atoms with Gasteiger partial charge in [-0.05, 0) is 51.0 Å². The predicted octanol–water partition coefficient (Wildman–Crippen LogP) is 5.77. The van der Waals surface area contributed by atoms with E-state index in [2.05, 4.69) is 19.1 Å². The van der Waals surface area contributed by atoms with E-state index in [0.717, 1.165) is 33.3 Å². The van der Waals surface area contributed by atoms with Gasteiger partial charge in [0.1, 0.15) is 5.75 Å². The predicted molar refractivity (Wildman–Crippen MR) is 126 cm³/mol. The normalized spacial score (nSPS) is 21.0. The molecule has 3 atom stereocenters. The molecule has 0 amide bonds. The number of aromatic nitrogens is 1. The molecule has 0 saturated carbocycles. The van der Waals surface area contributed by atoms with Gasteiger partial charge in [-0.1, -0.05) is 42.0 Å². The standard InChI is InChI=1S/C27H29NO5/c1-17-12-13-23-20(14-17)15-22(18(2)28-23)27-32-16-19(8-4-3-5-11-25(30)31)26(33-27)21-9-6-7-10-24(21)29/h3-4,6-7,9-10,12-15,19,26-27,29H,5,8,11,16H2,1-2H3,(H,30,31)/b4-3-/t19-,26+,27+/m1/s1. The Hall–Kier alpha value is -3.22. The van der Waals surface area contributed by atoms with Crippen molar-refractivity contribution in [1.29, 1.82) is 0 Å². The largest absolute Gasteiger partial charge is 0.508 e. The fraction of sp³-hybridized carbons (Fsp3) is 0.333. The summed E-state index contributed by atoms with van der Waals surface area (Å²) in [6.07, 6.45) is 4.11. The number of carbonyl (C=O) groups is 1. The highest BCUT2D eigenvalue weighted by Crippen LogP contribution is 2.43. The van der Waals surface area contributed by atoms with Gasteiger partial charge in [-0.3, -0.25) is 9.78 Å². The van der Waals surface area contributed by atoms with E-state index in [1.165, 1.54) is 0 Å². The molecular formula is C27H29NO5. The Kier molecular flexibility index (Phi) is 7.06. The molecule has 0 radical (unpaired) electrons. The molecule has 2 aromatic carbocycles. The first-order chi connectivity index (χ1) is 15.9. The van der Waals surface area contributed by atoms with Gasteiger partial charge in [-0.25, -0.2) is 0 Å². The third kappa shape index (κ3) is 5.41. The molecule has 4 rings (SSSR count). The number of phenols is 1. The summed E-state index contributed by atoms with van der Waals surface area (Å²) in [5.41, 5.74) is 4.53. The summed E-state index contributed by atoms with van der Waals surface area (Å²) < 4.78 is 12.6. The minimum absolute atomic E-state index is 0.0217. The minimum atomic E-state index is -0.812. The Bertz CT molecular complexity index is 1170. The summed E-state index contributed by atoms with van der Waals surface area (Å²) in [4.78, 5) is 15.5. The van der Waals surface area contributed by atoms with Crippen molar-refractivity contribution >= 4 is 16.9 Å². The Morgan fingerprint density at radius 1 is 1.12 bits per heavy atom. The Labute approximate surface area is 193 Å². The van der Waals surface area contributed by atoms with Crippen LogP contribution in [0.2, 0.25) is 0 Å². The van der Waals surface area contributed by atoms with E-state index in [1.54, 1.807) is 12.1 Å². The van der Waals surface area contributed by atoms with Crippen LogP contribution in [-0.2, 0) is 14.3 Å². The topological polar surface area (TPSA) is 88.9 Å². The van der Waals surface area contributed by atoms with Gasteiger partial charge in [0.2, 0.25) is 0 Å². The second-order valence-electron chi connectivity index (χ2n) is 8.54. The summed E-state index contributed by atoms with van der Waals surface area (Å²) in [6.45, 7) is 4.45. The van der Waals surface area contributed by atoms with Crippen LogP contribution in [0.25, 0.3) is 10.9 Å². The zero-order valence-electron chi connectivity index (χ0n) is 18.9. The first-order valence-electron chi connectivity index (χ1n) is 11.2. The van der Waals surface area contributed by atoms with Gasteiger partial charge < -0.3 is 19.7 Å². The highest BCUT2D eigenvalue weighted by Gasteiger charge is 2.35. The zero-order chi connectivity index (χ0) is 23.4. The third-order valence-electron chi connectivity index (χ3n) is 5.99. The van der Waals surface area contributed by atoms with E-state index in [-0.39, 0.29) is 24.2 Å². The van der Waals surface area contributed by atoms with Gasteiger partial charge in [0.15, 0.2) is 6.29 Å². The number of carboxylic acids is 1. The fourth-order valence-electron chi connectivity index (χ4n) is 4.23. The van der Waals surface area contributed by atoms with Gasteiger partial charge in [0.05, 0.1) is 18.2 Å². The average molecular weight is 448 g/mol. The van der Waals surface area contributed by atoms with Crippen molar-refractivity contribution in [3.63, 3.8) is 0 Å². The van der Waals surface area contributed by atoms with Crippen LogP contribution in [0.1, 0.15) is 54.0 Å². The Morgan fingerprint density at radius 3 is 2.73 bits per heavy atom. The summed E-state index contributed by atoms with van der Waals surface area (Å²) in [7, 11) is 0. The number of aliphatic carboxylic acids is 1. The molecule has 0 unspecified atom stereocenters. The molecule has 0 bridgehead atoms. The molecule has 2 N–H and O–H groups in total. The van der Waals surface area contributed by atoms with Gasteiger partial charge >= 0.3 is 5.97 Å². The lowest BCUT2D eigenvalue weighted by Gasteiger charge is -2.37. The van der Waals surface area contributed by atoms with Crippen molar-refractivity contribution in [3.8, 4) is 5.75 Å². The molecule has 6 nitrogen and oxygen atoms in total. The number of benzene rings is 2. The molecule has 1 fully saturated rings. The minimum Gasteiger partial charge on any atom is -0.508 e. The second kappa shape index (κ2) is 10.1. The molecule has 172 valence electrons. The van der Waals surface area contributed by atoms with Crippen LogP contribution in [0.5, 0.6) is 5.75 Å². The first-order valence-corrected chi connectivity index (χ1v) is 11.2. The van der Waals surface area contributed by atoms with E-state index in [4.69, 9.17) is 19.6 Å². The number of hydrogen-bond donors (Lipinski definition) is 2. The number of aromatic hydroxyl groups is 1. The number of ether oxygens (including phenoxy) is 2. The number of carboxylic acid groups (broad SMARTS) is 1. The number of para-hydroxylation sites is 1. The number of pyridine rings is 1. The van der Waals surface area contributed by atoms with Crippen molar-refractivity contribution < 1.29 is 24.5 Å². The molecule has 33 heavy (non-hydrogen) atoms. The molecular weight excluding hydrogens is 418 g/mol. The van der Waals surface area contributed by atoms with Gasteiger partial charge in [-0.2, -0.15) is 0 Å². The maximum absolute atomic E-state index is 10.7. The van der Waals surface area contributed by atoms with Crippen LogP contribution >= 0.6 is 0 Å². The lowest BCUT2D eigenvalue weighted by Crippen LogP contribution is -2.31. The van der Waals surface area contributed by atoms with Crippen molar-refractivity contribution in [2.75, 3.05) is 6.61 Å². The number of fused-ring (bicyclic) bond motifs is 1. The van der Waals surface area contributed by atoms with Crippen LogP contribution in [0.15, 0.2) is 60.7 Å². The van der Waals surface area contributed by atoms with Crippen LogP contribution in [0, 0.1) is 19.8 Å². The monoisotopic (exact) mass is 447 g/mol. The number of aryl methyl sites for hydroxylation is 2. The highest BCUT2D eigenvalue weighted by molar-refractivity contribution is 5.80. The first kappa shape index (κ1) is 23.0. The van der Waals surface area contributed by atoms with E-state index in [9.17, 15) is 9.90 Å². The number of phenolic OH excluding ortho intramolecular Hbond substituents is 1. The van der Waals surface area contributed by atoms with Crippen molar-refractivity contribution in [2.24, 2.45) is 5.92 Å². The zero-order valence-corrected chi connectivity index (χ0v) is 18.9. The van der Waals surface area contributed by atoms with E-state index < -0.39 is 12.3 Å².